The lowest BCUT2D eigenvalue weighted by Crippen LogP contribution is -2.37. The Hall–Kier alpha value is -1.72. The normalized spacial score (nSPS) is 11.9. The van der Waals surface area contributed by atoms with Crippen molar-refractivity contribution in [1.82, 2.24) is 5.32 Å². The van der Waals surface area contributed by atoms with Gasteiger partial charge in [-0.1, -0.05) is 23.7 Å². The molecule has 140 valence electrons. The van der Waals surface area contributed by atoms with Gasteiger partial charge in [-0.05, 0) is 61.7 Å². The predicted octanol–water partition coefficient (Wildman–Crippen LogP) is 4.91. The highest BCUT2D eigenvalue weighted by atomic mass is 35.5. The Kier molecular flexibility index (Phi) is 7.79. The molecule has 6 heteroatoms. The van der Waals surface area contributed by atoms with Crippen LogP contribution < -0.4 is 10.1 Å². The van der Waals surface area contributed by atoms with E-state index in [4.69, 9.17) is 16.3 Å². The van der Waals surface area contributed by atoms with Gasteiger partial charge in [0.1, 0.15) is 18.2 Å². The van der Waals surface area contributed by atoms with Gasteiger partial charge in [-0.15, -0.1) is 11.8 Å². The van der Waals surface area contributed by atoms with Crippen LogP contribution in [0.2, 0.25) is 5.02 Å². The van der Waals surface area contributed by atoms with Crippen LogP contribution in [0.1, 0.15) is 23.6 Å². The summed E-state index contributed by atoms with van der Waals surface area (Å²) in [5.74, 6) is 1.03. The van der Waals surface area contributed by atoms with Crippen molar-refractivity contribution in [3.05, 3.63) is 63.9 Å². The van der Waals surface area contributed by atoms with E-state index < -0.39 is 0 Å². The number of nitrogens with one attached hydrogen (secondary N) is 1. The highest BCUT2D eigenvalue weighted by Crippen LogP contribution is 2.19. The van der Waals surface area contributed by atoms with Gasteiger partial charge in [-0.3, -0.25) is 4.79 Å². The van der Waals surface area contributed by atoms with Crippen LogP contribution >= 0.6 is 23.4 Å². The monoisotopic (exact) mass is 395 g/mol. The molecule has 3 nitrogen and oxygen atoms in total. The second kappa shape index (κ2) is 9.83. The van der Waals surface area contributed by atoms with Gasteiger partial charge in [0, 0.05) is 10.8 Å². The lowest BCUT2D eigenvalue weighted by Gasteiger charge is -2.15. The first kappa shape index (κ1) is 20.6. The molecule has 2 aromatic rings. The number of aryl methyl sites for hydroxylation is 2. The third-order valence-electron chi connectivity index (χ3n) is 3.89. The Balaban J connectivity index is 1.70. The van der Waals surface area contributed by atoms with Crippen LogP contribution in [-0.4, -0.2) is 24.3 Å². The number of amides is 1. The van der Waals surface area contributed by atoms with E-state index in [1.165, 1.54) is 29.0 Å². The number of halogens is 2. The number of ether oxygens (including phenoxy) is 1. The molecule has 0 unspecified atom stereocenters. The van der Waals surface area contributed by atoms with Gasteiger partial charge in [-0.25, -0.2) is 4.39 Å². The largest absolute Gasteiger partial charge is 0.491 e. The summed E-state index contributed by atoms with van der Waals surface area (Å²) in [6, 6.07) is 10.4. The number of hydrogen-bond donors (Lipinski definition) is 1. The van der Waals surface area contributed by atoms with Crippen molar-refractivity contribution in [3.63, 3.8) is 0 Å². The Bertz CT molecular complexity index is 769. The highest BCUT2D eigenvalue weighted by molar-refractivity contribution is 7.99. The van der Waals surface area contributed by atoms with Crippen LogP contribution in [0.25, 0.3) is 0 Å². The molecule has 0 radical (unpaired) electrons. The molecule has 0 spiro atoms. The fourth-order valence-corrected chi connectivity index (χ4v) is 3.26. The number of benzene rings is 2. The molecule has 0 bridgehead atoms. The zero-order chi connectivity index (χ0) is 19.1. The molecule has 0 fully saturated rings. The zero-order valence-electron chi connectivity index (χ0n) is 15.1. The van der Waals surface area contributed by atoms with Crippen molar-refractivity contribution in [1.29, 1.82) is 0 Å². The minimum Gasteiger partial charge on any atom is -0.491 e. The molecule has 0 saturated heterocycles. The highest BCUT2D eigenvalue weighted by Gasteiger charge is 2.10. The van der Waals surface area contributed by atoms with Crippen molar-refractivity contribution < 1.29 is 13.9 Å². The topological polar surface area (TPSA) is 38.3 Å². The Morgan fingerprint density at radius 1 is 1.23 bits per heavy atom. The predicted molar refractivity (Wildman–Crippen MR) is 107 cm³/mol. The Morgan fingerprint density at radius 2 is 2.00 bits per heavy atom. The molecule has 1 amide bonds. The lowest BCUT2D eigenvalue weighted by atomic mass is 10.1. The molecule has 26 heavy (non-hydrogen) atoms. The molecule has 0 aliphatic carbocycles. The molecule has 0 saturated carbocycles. The summed E-state index contributed by atoms with van der Waals surface area (Å²) in [5.41, 5.74) is 2.93. The summed E-state index contributed by atoms with van der Waals surface area (Å²) in [7, 11) is 0. The average molecular weight is 396 g/mol. The van der Waals surface area contributed by atoms with E-state index in [1.54, 1.807) is 12.1 Å². The molecule has 0 heterocycles. The van der Waals surface area contributed by atoms with Crippen LogP contribution in [0, 0.1) is 19.7 Å². The first-order valence-electron chi connectivity index (χ1n) is 8.36. The third-order valence-corrected chi connectivity index (χ3v) is 5.11. The molecule has 0 aliphatic rings. The summed E-state index contributed by atoms with van der Waals surface area (Å²) in [6.07, 6.45) is 0. The minimum absolute atomic E-state index is 0.0967. The fourth-order valence-electron chi connectivity index (χ4n) is 2.28. The second-order valence-electron chi connectivity index (χ2n) is 6.25. The average Bonchev–Trinajstić information content (AvgIpc) is 2.58. The van der Waals surface area contributed by atoms with Crippen LogP contribution in [0.3, 0.4) is 0 Å². The van der Waals surface area contributed by atoms with Gasteiger partial charge in [0.25, 0.3) is 0 Å². The maximum absolute atomic E-state index is 13.7. The van der Waals surface area contributed by atoms with E-state index >= 15 is 0 Å². The fraction of sp³-hybridized carbons (Fsp3) is 0.350. The maximum Gasteiger partial charge on any atom is 0.230 e. The number of carbonyl (C=O) groups is 1. The lowest BCUT2D eigenvalue weighted by molar-refractivity contribution is -0.119. The van der Waals surface area contributed by atoms with E-state index in [0.717, 1.165) is 5.75 Å². The standard InChI is InChI=1S/C20H23ClFNO2S/c1-13-4-7-18(8-14(13)2)25-10-15(3)23-20(24)12-26-11-16-5-6-17(21)9-19(16)22/h4-9,15H,10-12H2,1-3H3,(H,23,24)/t15-/m0/s1. The maximum atomic E-state index is 13.7. The van der Waals surface area contributed by atoms with E-state index in [1.807, 2.05) is 32.0 Å². The first-order chi connectivity index (χ1) is 12.3. The minimum atomic E-state index is -0.347. The van der Waals surface area contributed by atoms with Gasteiger partial charge in [-0.2, -0.15) is 0 Å². The molecule has 1 atom stereocenters. The Labute approximate surface area is 163 Å². The molecule has 0 aliphatic heterocycles. The molecule has 1 N–H and O–H groups in total. The van der Waals surface area contributed by atoms with E-state index in [0.29, 0.717) is 22.9 Å². The number of thioether (sulfide) groups is 1. The van der Waals surface area contributed by atoms with E-state index in [9.17, 15) is 9.18 Å². The van der Waals surface area contributed by atoms with Crippen molar-refractivity contribution in [2.75, 3.05) is 12.4 Å². The zero-order valence-corrected chi connectivity index (χ0v) is 16.7. The summed E-state index contributed by atoms with van der Waals surface area (Å²) in [6.45, 7) is 6.37. The summed E-state index contributed by atoms with van der Waals surface area (Å²) in [4.78, 5) is 12.0. The SMILES string of the molecule is Cc1ccc(OC[C@H](C)NC(=O)CSCc2ccc(Cl)cc2F)cc1C. The van der Waals surface area contributed by atoms with Crippen molar-refractivity contribution in [3.8, 4) is 5.75 Å². The van der Waals surface area contributed by atoms with Gasteiger partial charge in [0.15, 0.2) is 0 Å². The number of hydrogen-bond acceptors (Lipinski definition) is 3. The first-order valence-corrected chi connectivity index (χ1v) is 9.89. The van der Waals surface area contributed by atoms with Crippen molar-refractivity contribution in [2.45, 2.75) is 32.6 Å². The third kappa shape index (κ3) is 6.54. The smallest absolute Gasteiger partial charge is 0.230 e. The van der Waals surface area contributed by atoms with Crippen LogP contribution in [0.4, 0.5) is 4.39 Å². The van der Waals surface area contributed by atoms with Gasteiger partial charge in [0.05, 0.1) is 11.8 Å². The van der Waals surface area contributed by atoms with Gasteiger partial charge >= 0.3 is 0 Å². The number of carbonyl (C=O) groups excluding carboxylic acids is 1. The molecule has 2 aromatic carbocycles. The summed E-state index contributed by atoms with van der Waals surface area (Å²) < 4.78 is 19.4. The van der Waals surface area contributed by atoms with Gasteiger partial charge < -0.3 is 10.1 Å². The van der Waals surface area contributed by atoms with E-state index in [2.05, 4.69) is 12.2 Å². The Morgan fingerprint density at radius 3 is 2.69 bits per heavy atom. The van der Waals surface area contributed by atoms with Crippen LogP contribution in [0.5, 0.6) is 5.75 Å². The molecule has 2 rings (SSSR count). The molecular weight excluding hydrogens is 373 g/mol. The second-order valence-corrected chi connectivity index (χ2v) is 7.68. The van der Waals surface area contributed by atoms with Crippen LogP contribution in [-0.2, 0) is 10.5 Å². The summed E-state index contributed by atoms with van der Waals surface area (Å²) >= 11 is 7.08. The van der Waals surface area contributed by atoms with E-state index in [-0.39, 0.29) is 23.5 Å². The number of rotatable bonds is 8. The van der Waals surface area contributed by atoms with Gasteiger partial charge in [0.2, 0.25) is 5.91 Å². The van der Waals surface area contributed by atoms with Crippen LogP contribution in [0.15, 0.2) is 36.4 Å². The van der Waals surface area contributed by atoms with Crippen molar-refractivity contribution >= 4 is 29.3 Å². The summed E-state index contributed by atoms with van der Waals surface area (Å²) in [5, 5.41) is 3.25. The molecule has 0 aromatic heterocycles. The van der Waals surface area contributed by atoms with Crippen molar-refractivity contribution in [2.24, 2.45) is 0 Å². The molecular formula is C20H23ClFNO2S. The quantitative estimate of drug-likeness (QED) is 0.689.